The predicted molar refractivity (Wildman–Crippen MR) is 163 cm³/mol. The Balaban J connectivity index is 1.32. The van der Waals surface area contributed by atoms with Crippen LogP contribution in [0.25, 0.3) is 11.3 Å². The molecule has 204 valence electrons. The van der Waals surface area contributed by atoms with Gasteiger partial charge >= 0.3 is 0 Å². The van der Waals surface area contributed by atoms with Gasteiger partial charge in [0.2, 0.25) is 5.91 Å². The van der Waals surface area contributed by atoms with E-state index in [4.69, 9.17) is 0 Å². The molecule has 5 aromatic rings. The molecule has 1 heterocycles. The number of aryl methyl sites for hydroxylation is 1. The molecule has 1 atom stereocenters. The SMILES string of the molecule is Cc1ccc(-c2csc(NC(=O)C(Sc3cccc(NC(=O)c4ccc([N+](=O)[O-])cc4)c3)c3ccccc3)n2)cc1. The van der Waals surface area contributed by atoms with Gasteiger partial charge in [-0.2, -0.15) is 0 Å². The average molecular weight is 581 g/mol. The number of anilines is 2. The van der Waals surface area contributed by atoms with E-state index in [0.29, 0.717) is 16.4 Å². The maximum Gasteiger partial charge on any atom is 0.269 e. The Hall–Kier alpha value is -4.80. The fourth-order valence-electron chi connectivity index (χ4n) is 3.98. The number of nitro benzene ring substituents is 1. The van der Waals surface area contributed by atoms with Gasteiger partial charge in [0.05, 0.1) is 10.6 Å². The van der Waals surface area contributed by atoms with E-state index in [-0.39, 0.29) is 11.6 Å². The third kappa shape index (κ3) is 7.05. The summed E-state index contributed by atoms with van der Waals surface area (Å²) < 4.78 is 0. The van der Waals surface area contributed by atoms with Crippen LogP contribution in [0.4, 0.5) is 16.5 Å². The van der Waals surface area contributed by atoms with Crippen LogP contribution >= 0.6 is 23.1 Å². The van der Waals surface area contributed by atoms with E-state index in [1.54, 1.807) is 18.2 Å². The number of hydrogen-bond acceptors (Lipinski definition) is 7. The van der Waals surface area contributed by atoms with E-state index in [1.165, 1.54) is 47.4 Å². The van der Waals surface area contributed by atoms with Crippen LogP contribution in [0.5, 0.6) is 0 Å². The number of thiazole rings is 1. The number of thioether (sulfide) groups is 1. The number of benzene rings is 4. The molecule has 8 nitrogen and oxygen atoms in total. The largest absolute Gasteiger partial charge is 0.322 e. The fraction of sp³-hybridized carbons (Fsp3) is 0.0645. The molecule has 5 rings (SSSR count). The summed E-state index contributed by atoms with van der Waals surface area (Å²) >= 11 is 2.72. The maximum absolute atomic E-state index is 13.5. The Morgan fingerprint density at radius 2 is 1.63 bits per heavy atom. The van der Waals surface area contributed by atoms with Gasteiger partial charge in [-0.1, -0.05) is 66.2 Å². The van der Waals surface area contributed by atoms with Crippen molar-refractivity contribution in [2.45, 2.75) is 17.1 Å². The summed E-state index contributed by atoms with van der Waals surface area (Å²) in [5.41, 5.74) is 4.51. The van der Waals surface area contributed by atoms with E-state index in [2.05, 4.69) is 15.6 Å². The second-order valence-corrected chi connectivity index (χ2v) is 11.1. The number of rotatable bonds is 9. The molecule has 0 saturated heterocycles. The van der Waals surface area contributed by atoms with Crippen LogP contribution in [0.2, 0.25) is 0 Å². The summed E-state index contributed by atoms with van der Waals surface area (Å²) in [5.74, 6) is -0.612. The first kappa shape index (κ1) is 27.8. The molecule has 0 bridgehead atoms. The Labute approximate surface area is 244 Å². The van der Waals surface area contributed by atoms with Crippen LogP contribution in [-0.4, -0.2) is 21.7 Å². The zero-order valence-corrected chi connectivity index (χ0v) is 23.4. The number of nitrogens with zero attached hydrogens (tertiary/aromatic N) is 2. The molecule has 0 radical (unpaired) electrons. The van der Waals surface area contributed by atoms with E-state index >= 15 is 0 Å². The Morgan fingerprint density at radius 3 is 2.34 bits per heavy atom. The summed E-state index contributed by atoms with van der Waals surface area (Å²) in [5, 5.41) is 18.5. The van der Waals surface area contributed by atoms with Crippen molar-refractivity contribution in [3.8, 4) is 11.3 Å². The number of nitro groups is 1. The molecule has 0 saturated carbocycles. The Kier molecular flexibility index (Phi) is 8.52. The molecule has 2 N–H and O–H groups in total. The summed E-state index contributed by atoms with van der Waals surface area (Å²) in [6.07, 6.45) is 0. The zero-order valence-electron chi connectivity index (χ0n) is 21.8. The Morgan fingerprint density at radius 1 is 0.902 bits per heavy atom. The minimum atomic E-state index is -0.580. The highest BCUT2D eigenvalue weighted by Crippen LogP contribution is 2.38. The van der Waals surface area contributed by atoms with Crippen LogP contribution in [-0.2, 0) is 4.79 Å². The monoisotopic (exact) mass is 580 g/mol. The van der Waals surface area contributed by atoms with Crippen LogP contribution in [0.3, 0.4) is 0 Å². The number of aromatic nitrogens is 1. The standard InChI is InChI=1S/C31H24N4O4S2/c1-20-10-12-21(13-11-20)27-19-40-31(33-27)34-30(37)28(22-6-3-2-4-7-22)41-26-9-5-8-24(18-26)32-29(36)23-14-16-25(17-15-23)35(38)39/h2-19,28H,1H3,(H,32,36)(H,33,34,37). The highest BCUT2D eigenvalue weighted by Gasteiger charge is 2.23. The molecule has 4 aromatic carbocycles. The highest BCUT2D eigenvalue weighted by atomic mass is 32.2. The number of amides is 2. The van der Waals surface area contributed by atoms with Crippen LogP contribution in [0, 0.1) is 17.0 Å². The van der Waals surface area contributed by atoms with Crippen molar-refractivity contribution >= 4 is 51.4 Å². The van der Waals surface area contributed by atoms with Gasteiger partial charge in [-0.25, -0.2) is 4.98 Å². The van der Waals surface area contributed by atoms with Gasteiger partial charge in [0.25, 0.3) is 11.6 Å². The zero-order chi connectivity index (χ0) is 28.8. The van der Waals surface area contributed by atoms with Crippen molar-refractivity contribution in [2.75, 3.05) is 10.6 Å². The first-order valence-electron chi connectivity index (χ1n) is 12.6. The van der Waals surface area contributed by atoms with Crippen molar-refractivity contribution in [3.05, 3.63) is 135 Å². The summed E-state index contributed by atoms with van der Waals surface area (Å²) in [6.45, 7) is 2.03. The van der Waals surface area contributed by atoms with E-state index in [9.17, 15) is 19.7 Å². The average Bonchev–Trinajstić information content (AvgIpc) is 3.45. The van der Waals surface area contributed by atoms with E-state index < -0.39 is 16.1 Å². The molecule has 0 aliphatic rings. The highest BCUT2D eigenvalue weighted by molar-refractivity contribution is 8.00. The van der Waals surface area contributed by atoms with Crippen molar-refractivity contribution in [1.29, 1.82) is 0 Å². The molecule has 10 heteroatoms. The number of hydrogen-bond donors (Lipinski definition) is 2. The lowest BCUT2D eigenvalue weighted by Crippen LogP contribution is -2.19. The smallest absolute Gasteiger partial charge is 0.269 e. The lowest BCUT2D eigenvalue weighted by atomic mass is 10.1. The van der Waals surface area contributed by atoms with Gasteiger partial charge in [0.1, 0.15) is 5.25 Å². The molecular weight excluding hydrogens is 556 g/mol. The maximum atomic E-state index is 13.5. The van der Waals surface area contributed by atoms with Gasteiger partial charge in [0.15, 0.2) is 5.13 Å². The molecule has 2 amide bonds. The van der Waals surface area contributed by atoms with Crippen LogP contribution in [0.1, 0.15) is 26.7 Å². The third-order valence-corrected chi connectivity index (χ3v) is 8.11. The topological polar surface area (TPSA) is 114 Å². The second-order valence-electron chi connectivity index (χ2n) is 9.09. The second kappa shape index (κ2) is 12.6. The number of carbonyl (C=O) groups is 2. The molecule has 0 aliphatic heterocycles. The molecule has 1 unspecified atom stereocenters. The Bertz CT molecular complexity index is 1690. The van der Waals surface area contributed by atoms with Crippen molar-refractivity contribution in [3.63, 3.8) is 0 Å². The molecule has 0 spiro atoms. The number of nitrogens with one attached hydrogen (secondary N) is 2. The van der Waals surface area contributed by atoms with Crippen molar-refractivity contribution in [1.82, 2.24) is 4.98 Å². The first-order valence-corrected chi connectivity index (χ1v) is 14.3. The van der Waals surface area contributed by atoms with Gasteiger partial charge in [-0.3, -0.25) is 19.7 Å². The lowest BCUT2D eigenvalue weighted by Gasteiger charge is -2.17. The molecule has 0 fully saturated rings. The molecule has 1 aromatic heterocycles. The minimum absolute atomic E-state index is 0.0886. The van der Waals surface area contributed by atoms with Gasteiger partial charge in [-0.15, -0.1) is 23.1 Å². The summed E-state index contributed by atoms with van der Waals surface area (Å²) in [6, 6.07) is 30.1. The van der Waals surface area contributed by atoms with Crippen LogP contribution in [0.15, 0.2) is 113 Å². The fourth-order valence-corrected chi connectivity index (χ4v) is 5.79. The quantitative estimate of drug-likeness (QED) is 0.105. The van der Waals surface area contributed by atoms with Gasteiger partial charge < -0.3 is 10.6 Å². The van der Waals surface area contributed by atoms with Crippen LogP contribution < -0.4 is 10.6 Å². The molecule has 41 heavy (non-hydrogen) atoms. The minimum Gasteiger partial charge on any atom is -0.322 e. The molecule has 0 aliphatic carbocycles. The van der Waals surface area contributed by atoms with Gasteiger partial charge in [0, 0.05) is 39.2 Å². The van der Waals surface area contributed by atoms with E-state index in [0.717, 1.165) is 27.3 Å². The predicted octanol–water partition coefficient (Wildman–Crippen LogP) is 7.75. The normalized spacial score (nSPS) is 11.4. The van der Waals surface area contributed by atoms with Crippen molar-refractivity contribution < 1.29 is 14.5 Å². The number of non-ortho nitro benzene ring substituents is 1. The third-order valence-electron chi connectivity index (χ3n) is 6.11. The summed E-state index contributed by atoms with van der Waals surface area (Å²) in [7, 11) is 0. The van der Waals surface area contributed by atoms with E-state index in [1.807, 2.05) is 73.0 Å². The van der Waals surface area contributed by atoms with Crippen molar-refractivity contribution in [2.24, 2.45) is 0 Å². The molecular formula is C31H24N4O4S2. The van der Waals surface area contributed by atoms with Gasteiger partial charge in [-0.05, 0) is 42.8 Å². The lowest BCUT2D eigenvalue weighted by molar-refractivity contribution is -0.384. The number of carbonyl (C=O) groups excluding carboxylic acids is 2. The summed E-state index contributed by atoms with van der Waals surface area (Å²) in [4.78, 5) is 42.0. The first-order chi connectivity index (χ1) is 19.9.